The molecule has 0 unspecified atom stereocenters. The molecule has 0 amide bonds. The van der Waals surface area contributed by atoms with Gasteiger partial charge in [0.15, 0.2) is 0 Å². The number of hydrogen-bond acceptors (Lipinski definition) is 1. The fourth-order valence-electron chi connectivity index (χ4n) is 1.82. The van der Waals surface area contributed by atoms with Gasteiger partial charge in [0.25, 0.3) is 0 Å². The first-order chi connectivity index (χ1) is 7.81. The molecule has 0 saturated heterocycles. The highest BCUT2D eigenvalue weighted by molar-refractivity contribution is 5.68. The van der Waals surface area contributed by atoms with Crippen LogP contribution in [0.25, 0.3) is 11.1 Å². The molecule has 0 aliphatic rings. The van der Waals surface area contributed by atoms with Crippen LogP contribution >= 0.6 is 0 Å². The molecule has 1 nitrogen and oxygen atoms in total. The van der Waals surface area contributed by atoms with Gasteiger partial charge in [0, 0.05) is 0 Å². The Kier molecular flexibility index (Phi) is 3.25. The summed E-state index contributed by atoms with van der Waals surface area (Å²) in [4.78, 5) is 0. The molecule has 0 aliphatic heterocycles. The Labute approximate surface area is 96.7 Å². The van der Waals surface area contributed by atoms with Crippen molar-refractivity contribution in [1.29, 1.82) is 0 Å². The minimum Gasteiger partial charge on any atom is -0.494 e. The smallest absolute Gasteiger partial charge is 0.119 e. The molecular weight excluding hydrogens is 196 g/mol. The number of benzene rings is 2. The zero-order valence-corrected chi connectivity index (χ0v) is 9.73. The summed E-state index contributed by atoms with van der Waals surface area (Å²) in [6.45, 7) is 4.83. The molecule has 2 rings (SSSR count). The van der Waals surface area contributed by atoms with Crippen LogP contribution in [0.3, 0.4) is 0 Å². The molecule has 2 aromatic rings. The Morgan fingerprint density at radius 3 is 2.56 bits per heavy atom. The van der Waals surface area contributed by atoms with Crippen LogP contribution in [0.2, 0.25) is 0 Å². The van der Waals surface area contributed by atoms with Crippen LogP contribution < -0.4 is 4.74 Å². The van der Waals surface area contributed by atoms with E-state index < -0.39 is 0 Å². The SMILES string of the molecule is CCOc1cccc(-c2ccccc2C)c1. The van der Waals surface area contributed by atoms with Crippen molar-refractivity contribution >= 4 is 0 Å². The predicted molar refractivity (Wildman–Crippen MR) is 67.8 cm³/mol. The van der Waals surface area contributed by atoms with Crippen LogP contribution in [0.5, 0.6) is 5.75 Å². The van der Waals surface area contributed by atoms with E-state index in [0.29, 0.717) is 6.61 Å². The van der Waals surface area contributed by atoms with Crippen LogP contribution in [0.4, 0.5) is 0 Å². The zero-order valence-electron chi connectivity index (χ0n) is 9.73. The summed E-state index contributed by atoms with van der Waals surface area (Å²) in [5.74, 6) is 0.934. The average molecular weight is 212 g/mol. The van der Waals surface area contributed by atoms with E-state index in [2.05, 4.69) is 43.3 Å². The van der Waals surface area contributed by atoms with Gasteiger partial charge in [0.05, 0.1) is 6.61 Å². The maximum Gasteiger partial charge on any atom is 0.119 e. The van der Waals surface area contributed by atoms with Gasteiger partial charge in [-0.3, -0.25) is 0 Å². The predicted octanol–water partition coefficient (Wildman–Crippen LogP) is 4.06. The highest BCUT2D eigenvalue weighted by Gasteiger charge is 2.01. The number of ether oxygens (including phenoxy) is 1. The van der Waals surface area contributed by atoms with E-state index in [9.17, 15) is 0 Å². The monoisotopic (exact) mass is 212 g/mol. The molecule has 0 N–H and O–H groups in total. The van der Waals surface area contributed by atoms with Gasteiger partial charge in [0.2, 0.25) is 0 Å². The van der Waals surface area contributed by atoms with Crippen molar-refractivity contribution in [2.24, 2.45) is 0 Å². The topological polar surface area (TPSA) is 9.23 Å². The van der Waals surface area contributed by atoms with Crippen molar-refractivity contribution in [2.45, 2.75) is 13.8 Å². The molecule has 2 aromatic carbocycles. The Balaban J connectivity index is 2.40. The normalized spacial score (nSPS) is 10.1. The summed E-state index contributed by atoms with van der Waals surface area (Å²) >= 11 is 0. The number of hydrogen-bond donors (Lipinski definition) is 0. The van der Waals surface area contributed by atoms with Gasteiger partial charge in [-0.2, -0.15) is 0 Å². The maximum atomic E-state index is 5.51. The van der Waals surface area contributed by atoms with Crippen LogP contribution in [-0.2, 0) is 0 Å². The second-order valence-corrected chi connectivity index (χ2v) is 3.78. The Morgan fingerprint density at radius 1 is 1.00 bits per heavy atom. The Morgan fingerprint density at radius 2 is 1.81 bits per heavy atom. The summed E-state index contributed by atoms with van der Waals surface area (Å²) < 4.78 is 5.51. The zero-order chi connectivity index (χ0) is 11.4. The van der Waals surface area contributed by atoms with Crippen molar-refractivity contribution in [3.8, 4) is 16.9 Å². The van der Waals surface area contributed by atoms with E-state index in [4.69, 9.17) is 4.74 Å². The van der Waals surface area contributed by atoms with E-state index in [0.717, 1.165) is 5.75 Å². The van der Waals surface area contributed by atoms with Gasteiger partial charge in [-0.15, -0.1) is 0 Å². The van der Waals surface area contributed by atoms with Crippen molar-refractivity contribution < 1.29 is 4.74 Å². The molecule has 1 heteroatoms. The van der Waals surface area contributed by atoms with Gasteiger partial charge >= 0.3 is 0 Å². The van der Waals surface area contributed by atoms with Crippen LogP contribution in [0.1, 0.15) is 12.5 Å². The first-order valence-corrected chi connectivity index (χ1v) is 5.60. The third-order valence-electron chi connectivity index (χ3n) is 2.60. The molecule has 0 radical (unpaired) electrons. The third-order valence-corrected chi connectivity index (χ3v) is 2.60. The van der Waals surface area contributed by atoms with Crippen LogP contribution in [0, 0.1) is 6.92 Å². The summed E-state index contributed by atoms with van der Waals surface area (Å²) in [5, 5.41) is 0. The van der Waals surface area contributed by atoms with Crippen molar-refractivity contribution in [1.82, 2.24) is 0 Å². The van der Waals surface area contributed by atoms with Crippen LogP contribution in [-0.4, -0.2) is 6.61 Å². The lowest BCUT2D eigenvalue weighted by Crippen LogP contribution is -1.91. The lowest BCUT2D eigenvalue weighted by molar-refractivity contribution is 0.340. The standard InChI is InChI=1S/C15H16O/c1-3-16-14-9-6-8-13(11-14)15-10-5-4-7-12(15)2/h4-11H,3H2,1-2H3. The second-order valence-electron chi connectivity index (χ2n) is 3.78. The second kappa shape index (κ2) is 4.84. The fraction of sp³-hybridized carbons (Fsp3) is 0.200. The number of aryl methyl sites for hydroxylation is 1. The molecule has 0 aliphatic carbocycles. The average Bonchev–Trinajstić information content (AvgIpc) is 2.30. The van der Waals surface area contributed by atoms with E-state index in [-0.39, 0.29) is 0 Å². The van der Waals surface area contributed by atoms with Gasteiger partial charge < -0.3 is 4.74 Å². The molecule has 0 atom stereocenters. The largest absolute Gasteiger partial charge is 0.494 e. The highest BCUT2D eigenvalue weighted by atomic mass is 16.5. The summed E-state index contributed by atoms with van der Waals surface area (Å²) in [5.41, 5.74) is 3.77. The minimum absolute atomic E-state index is 0.706. The molecule has 0 aromatic heterocycles. The third kappa shape index (κ3) is 2.25. The van der Waals surface area contributed by atoms with E-state index in [1.165, 1.54) is 16.7 Å². The minimum atomic E-state index is 0.706. The summed E-state index contributed by atoms with van der Waals surface area (Å²) in [6, 6.07) is 16.6. The molecule has 0 heterocycles. The van der Waals surface area contributed by atoms with Crippen molar-refractivity contribution in [3.05, 3.63) is 54.1 Å². The van der Waals surface area contributed by atoms with Gasteiger partial charge in [-0.05, 0) is 42.7 Å². The summed E-state index contributed by atoms with van der Waals surface area (Å²) in [7, 11) is 0. The fourth-order valence-corrected chi connectivity index (χ4v) is 1.82. The molecule has 16 heavy (non-hydrogen) atoms. The first kappa shape index (κ1) is 10.7. The maximum absolute atomic E-state index is 5.51. The quantitative estimate of drug-likeness (QED) is 0.745. The Bertz CT molecular complexity index is 474. The van der Waals surface area contributed by atoms with E-state index in [1.807, 2.05) is 19.1 Å². The molecular formula is C15H16O. The highest BCUT2D eigenvalue weighted by Crippen LogP contribution is 2.26. The molecule has 0 bridgehead atoms. The molecule has 82 valence electrons. The van der Waals surface area contributed by atoms with Crippen LogP contribution in [0.15, 0.2) is 48.5 Å². The first-order valence-electron chi connectivity index (χ1n) is 5.60. The van der Waals surface area contributed by atoms with Crippen molar-refractivity contribution in [3.63, 3.8) is 0 Å². The lowest BCUT2D eigenvalue weighted by Gasteiger charge is -2.08. The lowest BCUT2D eigenvalue weighted by atomic mass is 10.0. The Hall–Kier alpha value is -1.76. The van der Waals surface area contributed by atoms with Gasteiger partial charge in [-0.1, -0.05) is 36.4 Å². The molecule has 0 fully saturated rings. The molecule has 0 saturated carbocycles. The summed E-state index contributed by atoms with van der Waals surface area (Å²) in [6.07, 6.45) is 0. The number of rotatable bonds is 3. The van der Waals surface area contributed by atoms with Gasteiger partial charge in [0.1, 0.15) is 5.75 Å². The van der Waals surface area contributed by atoms with Crippen molar-refractivity contribution in [2.75, 3.05) is 6.61 Å². The van der Waals surface area contributed by atoms with E-state index in [1.54, 1.807) is 0 Å². The molecule has 0 spiro atoms. The van der Waals surface area contributed by atoms with E-state index >= 15 is 0 Å². The van der Waals surface area contributed by atoms with Gasteiger partial charge in [-0.25, -0.2) is 0 Å².